The molecular formula is C38H35F4N7O2. The van der Waals surface area contributed by atoms with E-state index in [0.717, 1.165) is 32.2 Å². The van der Waals surface area contributed by atoms with Gasteiger partial charge in [0.1, 0.15) is 35.0 Å². The third-order valence-corrected chi connectivity index (χ3v) is 12.2. The van der Waals surface area contributed by atoms with Crippen LogP contribution in [0.1, 0.15) is 44.1 Å². The van der Waals surface area contributed by atoms with Crippen LogP contribution < -0.4 is 15.0 Å². The van der Waals surface area contributed by atoms with Crippen LogP contribution in [-0.2, 0) is 7.05 Å². The highest BCUT2D eigenvalue weighted by Crippen LogP contribution is 2.69. The Bertz CT molecular complexity index is 2360. The number of ether oxygens (including phenoxy) is 1. The Labute approximate surface area is 290 Å². The van der Waals surface area contributed by atoms with Gasteiger partial charge in [0.05, 0.1) is 21.9 Å². The highest BCUT2D eigenvalue weighted by atomic mass is 19.3. The number of hydrogen-bond donors (Lipinski definition) is 2. The average molecular weight is 698 g/mol. The van der Waals surface area contributed by atoms with Gasteiger partial charge in [-0.05, 0) is 67.8 Å². The molecule has 0 radical (unpaired) electrons. The number of halogens is 4. The van der Waals surface area contributed by atoms with Crippen LogP contribution in [0.15, 0.2) is 30.5 Å². The number of aromatic nitrogens is 4. The molecule has 2 N–H and O–H groups in total. The maximum absolute atomic E-state index is 17.6. The average Bonchev–Trinajstić information content (AvgIpc) is 3.61. The number of nitrogens with one attached hydrogen (secondary N) is 1. The van der Waals surface area contributed by atoms with Crippen molar-refractivity contribution in [2.75, 3.05) is 37.7 Å². The van der Waals surface area contributed by atoms with Crippen molar-refractivity contribution in [2.24, 2.45) is 12.5 Å². The van der Waals surface area contributed by atoms with Gasteiger partial charge in [-0.25, -0.2) is 17.6 Å². The second kappa shape index (κ2) is 10.4. The Morgan fingerprint density at radius 3 is 2.61 bits per heavy atom. The molecule has 51 heavy (non-hydrogen) atoms. The highest BCUT2D eigenvalue weighted by molar-refractivity contribution is 6.18. The first-order chi connectivity index (χ1) is 24.5. The van der Waals surface area contributed by atoms with E-state index < -0.39 is 28.5 Å². The molecule has 0 unspecified atom stereocenters. The predicted molar refractivity (Wildman–Crippen MR) is 184 cm³/mol. The number of phenols is 1. The molecule has 3 aromatic carbocycles. The highest BCUT2D eigenvalue weighted by Gasteiger charge is 2.77. The van der Waals surface area contributed by atoms with Gasteiger partial charge in [0.15, 0.2) is 5.82 Å². The third-order valence-electron chi connectivity index (χ3n) is 12.2. The molecule has 262 valence electrons. The van der Waals surface area contributed by atoms with Crippen molar-refractivity contribution in [3.05, 3.63) is 47.7 Å². The van der Waals surface area contributed by atoms with Crippen molar-refractivity contribution in [3.63, 3.8) is 0 Å². The second-order valence-electron chi connectivity index (χ2n) is 15.4. The molecule has 4 saturated heterocycles. The summed E-state index contributed by atoms with van der Waals surface area (Å²) in [4.78, 5) is 14.0. The Kier molecular flexibility index (Phi) is 6.37. The second-order valence-corrected chi connectivity index (χ2v) is 15.4. The number of benzene rings is 3. The minimum absolute atomic E-state index is 0.00587. The number of fused-ring (bicyclic) bond motifs is 7. The number of terminal acetylenes is 1. The molecule has 1 aliphatic carbocycles. The lowest BCUT2D eigenvalue weighted by molar-refractivity contribution is 0.0647. The van der Waals surface area contributed by atoms with Gasteiger partial charge in [0, 0.05) is 67.7 Å². The molecule has 1 spiro atoms. The molecule has 5 aromatic rings. The molecular weight excluding hydrogens is 662 g/mol. The zero-order valence-electron chi connectivity index (χ0n) is 27.9. The molecule has 0 amide bonds. The van der Waals surface area contributed by atoms with Gasteiger partial charge in [-0.3, -0.25) is 9.58 Å². The van der Waals surface area contributed by atoms with Crippen molar-refractivity contribution in [1.82, 2.24) is 30.0 Å². The molecule has 9 nitrogen and oxygen atoms in total. The SMILES string of the molecule is C#Cc1c(F)ccc2cc(O)cc(-c3c(F)c4nc(OC[C@]56CCCN5C[C@]5(CC5(F)F)C6)nc(N5C[C@H]6CC[C@@H](C5)N6)c4c4cn(C)nc34)c12. The predicted octanol–water partition coefficient (Wildman–Crippen LogP) is 5.88. The topological polar surface area (TPSA) is 91.6 Å². The minimum atomic E-state index is -2.68. The summed E-state index contributed by atoms with van der Waals surface area (Å²) in [5.41, 5.74) is -1.22. The van der Waals surface area contributed by atoms with Crippen LogP contribution in [0, 0.1) is 29.4 Å². The Morgan fingerprint density at radius 1 is 1.08 bits per heavy atom. The molecule has 10 rings (SSSR count). The van der Waals surface area contributed by atoms with E-state index >= 15 is 8.78 Å². The Balaban J connectivity index is 1.18. The van der Waals surface area contributed by atoms with E-state index in [1.165, 1.54) is 24.3 Å². The molecule has 5 fully saturated rings. The smallest absolute Gasteiger partial charge is 0.319 e. The van der Waals surface area contributed by atoms with Gasteiger partial charge in [0.2, 0.25) is 0 Å². The summed E-state index contributed by atoms with van der Waals surface area (Å²) >= 11 is 0. The van der Waals surface area contributed by atoms with Crippen LogP contribution >= 0.6 is 0 Å². The number of rotatable bonds is 5. The van der Waals surface area contributed by atoms with Gasteiger partial charge in [0.25, 0.3) is 5.92 Å². The van der Waals surface area contributed by atoms with Crippen molar-refractivity contribution in [3.8, 4) is 35.2 Å². The third kappa shape index (κ3) is 4.45. The molecule has 2 bridgehead atoms. The fourth-order valence-electron chi connectivity index (χ4n) is 9.84. The summed E-state index contributed by atoms with van der Waals surface area (Å²) in [6, 6.07) is 5.97. The van der Waals surface area contributed by atoms with E-state index in [-0.39, 0.29) is 70.0 Å². The van der Waals surface area contributed by atoms with Crippen LogP contribution in [-0.4, -0.2) is 86.1 Å². The number of aryl methyl sites for hydroxylation is 1. The molecule has 4 atom stereocenters. The molecule has 1 saturated carbocycles. The lowest BCUT2D eigenvalue weighted by atomic mass is 9.89. The van der Waals surface area contributed by atoms with E-state index in [2.05, 4.69) is 26.1 Å². The van der Waals surface area contributed by atoms with Crippen LogP contribution in [0.2, 0.25) is 0 Å². The maximum atomic E-state index is 17.6. The molecule has 6 heterocycles. The quantitative estimate of drug-likeness (QED) is 0.174. The van der Waals surface area contributed by atoms with E-state index in [1.54, 1.807) is 17.9 Å². The van der Waals surface area contributed by atoms with Gasteiger partial charge >= 0.3 is 6.01 Å². The first kappa shape index (κ1) is 31.1. The van der Waals surface area contributed by atoms with Crippen molar-refractivity contribution in [1.29, 1.82) is 0 Å². The van der Waals surface area contributed by atoms with E-state index in [0.29, 0.717) is 48.0 Å². The number of phenolic OH excluding ortho intramolecular Hbond substituents is 1. The Hall–Kier alpha value is -4.67. The van der Waals surface area contributed by atoms with Gasteiger partial charge in [-0.15, -0.1) is 6.42 Å². The summed E-state index contributed by atoms with van der Waals surface area (Å²) < 4.78 is 69.9. The fourth-order valence-corrected chi connectivity index (χ4v) is 9.84. The lowest BCUT2D eigenvalue weighted by Crippen LogP contribution is -2.51. The molecule has 13 heteroatoms. The number of aromatic hydroxyl groups is 1. The lowest BCUT2D eigenvalue weighted by Gasteiger charge is -2.35. The number of hydrogen-bond acceptors (Lipinski definition) is 8. The normalized spacial score (nSPS) is 28.0. The maximum Gasteiger partial charge on any atom is 0.319 e. The zero-order chi connectivity index (χ0) is 35.0. The molecule has 4 aliphatic heterocycles. The van der Waals surface area contributed by atoms with E-state index in [9.17, 15) is 13.9 Å². The molecule has 5 aliphatic rings. The number of anilines is 1. The summed E-state index contributed by atoms with van der Waals surface area (Å²) in [7, 11) is 1.73. The number of piperazine rings is 1. The van der Waals surface area contributed by atoms with Crippen LogP contribution in [0.3, 0.4) is 0 Å². The van der Waals surface area contributed by atoms with E-state index in [4.69, 9.17) is 21.1 Å². The standard InChI is InChI=1S/C38H35F4N7O2/c1-3-24-27(39)8-5-20-11-23(50)12-25(28(20)24)29-31(40)33-30(26-15-47(2)46-32(26)29)34(48-13-21-6-7-22(14-48)43-21)45-35(44-33)51-19-37-9-4-10-49(37)18-36(16-37)17-38(36,41)42/h1,5,8,11-12,15,21-22,43,50H,4,6-7,9-10,13-14,16-19H2,2H3/t21-,22+,36-,37-/m1/s1. The van der Waals surface area contributed by atoms with Crippen molar-refractivity contribution in [2.45, 2.75) is 62.1 Å². The summed E-state index contributed by atoms with van der Waals surface area (Å²) in [6.45, 7) is 2.46. The van der Waals surface area contributed by atoms with Gasteiger partial charge in [-0.1, -0.05) is 12.0 Å². The van der Waals surface area contributed by atoms with Crippen LogP contribution in [0.4, 0.5) is 23.4 Å². The van der Waals surface area contributed by atoms with E-state index in [1.807, 2.05) is 0 Å². The summed E-state index contributed by atoms with van der Waals surface area (Å²) in [5, 5.41) is 20.9. The van der Waals surface area contributed by atoms with Gasteiger partial charge in [-0.2, -0.15) is 15.1 Å². The summed E-state index contributed by atoms with van der Waals surface area (Å²) in [6.07, 6.45) is 11.4. The monoisotopic (exact) mass is 697 g/mol. The largest absolute Gasteiger partial charge is 0.508 e. The summed E-state index contributed by atoms with van der Waals surface area (Å²) in [5.74, 6) is -1.31. The fraction of sp³-hybridized carbons (Fsp3) is 0.447. The number of alkyl halides is 2. The van der Waals surface area contributed by atoms with Crippen LogP contribution in [0.5, 0.6) is 11.8 Å². The van der Waals surface area contributed by atoms with Gasteiger partial charge < -0.3 is 20.1 Å². The first-order valence-corrected chi connectivity index (χ1v) is 17.5. The zero-order valence-corrected chi connectivity index (χ0v) is 27.9. The number of nitrogens with zero attached hydrogens (tertiary/aromatic N) is 6. The van der Waals surface area contributed by atoms with Crippen molar-refractivity contribution < 1.29 is 27.4 Å². The molecule has 2 aromatic heterocycles. The minimum Gasteiger partial charge on any atom is -0.508 e. The Morgan fingerprint density at radius 2 is 1.86 bits per heavy atom. The van der Waals surface area contributed by atoms with Crippen molar-refractivity contribution >= 4 is 38.4 Å². The first-order valence-electron chi connectivity index (χ1n) is 17.5. The van der Waals surface area contributed by atoms with Crippen LogP contribution in [0.25, 0.3) is 43.7 Å².